The number of nitrogens with two attached hydrogens (primary N) is 1. The fraction of sp³-hybridized carbons (Fsp3) is 0.857. The summed E-state index contributed by atoms with van der Waals surface area (Å²) in [5.74, 6) is 0.664. The van der Waals surface area contributed by atoms with Crippen molar-refractivity contribution >= 4 is 28.3 Å². The number of thioether (sulfide) groups is 1. The van der Waals surface area contributed by atoms with Crippen molar-refractivity contribution in [2.45, 2.75) is 20.1 Å². The van der Waals surface area contributed by atoms with Crippen LogP contribution in [0, 0.1) is 0 Å². The Kier molecular flexibility index (Phi) is 7.89. The highest BCUT2D eigenvalue weighted by atomic mass is 32.2. The first-order chi connectivity index (χ1) is 5.70. The zero-order valence-electron chi connectivity index (χ0n) is 7.41. The van der Waals surface area contributed by atoms with Gasteiger partial charge in [0.1, 0.15) is 4.32 Å². The molecule has 0 radical (unpaired) electrons. The SMILES string of the molecule is CCOC(CSC(N)=S)OCC. The van der Waals surface area contributed by atoms with Crippen LogP contribution in [0.3, 0.4) is 0 Å². The van der Waals surface area contributed by atoms with Crippen molar-refractivity contribution in [2.75, 3.05) is 19.0 Å². The van der Waals surface area contributed by atoms with E-state index in [1.54, 1.807) is 0 Å². The summed E-state index contributed by atoms with van der Waals surface area (Å²) in [5, 5.41) is 0. The van der Waals surface area contributed by atoms with Crippen LogP contribution in [-0.4, -0.2) is 29.6 Å². The van der Waals surface area contributed by atoms with E-state index < -0.39 is 0 Å². The van der Waals surface area contributed by atoms with E-state index in [0.29, 0.717) is 23.3 Å². The van der Waals surface area contributed by atoms with Gasteiger partial charge in [0, 0.05) is 13.2 Å². The first-order valence-corrected chi connectivity index (χ1v) is 5.25. The van der Waals surface area contributed by atoms with Crippen molar-refractivity contribution in [1.29, 1.82) is 0 Å². The van der Waals surface area contributed by atoms with Crippen molar-refractivity contribution in [2.24, 2.45) is 5.73 Å². The molecule has 0 heterocycles. The molecule has 0 unspecified atom stereocenters. The third kappa shape index (κ3) is 6.84. The summed E-state index contributed by atoms with van der Waals surface area (Å²) < 4.78 is 11.0. The Bertz CT molecular complexity index is 127. The average Bonchev–Trinajstić information content (AvgIpc) is 2.01. The largest absolute Gasteiger partial charge is 0.385 e. The molecule has 0 saturated carbocycles. The van der Waals surface area contributed by atoms with Gasteiger partial charge < -0.3 is 15.2 Å². The van der Waals surface area contributed by atoms with Gasteiger partial charge in [-0.1, -0.05) is 24.0 Å². The highest BCUT2D eigenvalue weighted by Crippen LogP contribution is 2.07. The van der Waals surface area contributed by atoms with Gasteiger partial charge in [0.15, 0.2) is 6.29 Å². The quantitative estimate of drug-likeness (QED) is 0.528. The maximum atomic E-state index is 5.32. The van der Waals surface area contributed by atoms with Crippen LogP contribution >= 0.6 is 24.0 Å². The Morgan fingerprint density at radius 2 is 1.92 bits per heavy atom. The van der Waals surface area contributed by atoms with Gasteiger partial charge in [0.25, 0.3) is 0 Å². The molecule has 3 nitrogen and oxygen atoms in total. The molecule has 12 heavy (non-hydrogen) atoms. The molecule has 5 heteroatoms. The maximum Gasteiger partial charge on any atom is 0.166 e. The minimum Gasteiger partial charge on any atom is -0.385 e. The number of hydrogen-bond acceptors (Lipinski definition) is 4. The Balaban J connectivity index is 3.54. The van der Waals surface area contributed by atoms with Gasteiger partial charge in [-0.3, -0.25) is 0 Å². The number of hydrogen-bond donors (Lipinski definition) is 1. The van der Waals surface area contributed by atoms with Crippen molar-refractivity contribution in [1.82, 2.24) is 0 Å². The molecule has 0 saturated heterocycles. The predicted molar refractivity (Wildman–Crippen MR) is 56.3 cm³/mol. The topological polar surface area (TPSA) is 44.5 Å². The molecule has 0 amide bonds. The second kappa shape index (κ2) is 7.79. The number of thiocarbonyl (C=S) groups is 1. The monoisotopic (exact) mass is 209 g/mol. The molecular weight excluding hydrogens is 194 g/mol. The molecule has 0 aliphatic heterocycles. The second-order valence-electron chi connectivity index (χ2n) is 1.97. The first-order valence-electron chi connectivity index (χ1n) is 3.86. The van der Waals surface area contributed by atoms with E-state index in [1.165, 1.54) is 11.8 Å². The Morgan fingerprint density at radius 3 is 2.25 bits per heavy atom. The molecule has 2 N–H and O–H groups in total. The van der Waals surface area contributed by atoms with Gasteiger partial charge in [0.05, 0.1) is 5.75 Å². The van der Waals surface area contributed by atoms with Crippen LogP contribution in [0.15, 0.2) is 0 Å². The predicted octanol–water partition coefficient (Wildman–Crippen LogP) is 1.36. The van der Waals surface area contributed by atoms with Gasteiger partial charge >= 0.3 is 0 Å². The summed E-state index contributed by atoms with van der Waals surface area (Å²) in [6.07, 6.45) is -0.188. The van der Waals surface area contributed by atoms with Gasteiger partial charge in [-0.2, -0.15) is 0 Å². The van der Waals surface area contributed by atoms with Crippen LogP contribution in [0.5, 0.6) is 0 Å². The third-order valence-corrected chi connectivity index (χ3v) is 2.14. The minimum absolute atomic E-state index is 0.188. The molecule has 0 aromatic rings. The van der Waals surface area contributed by atoms with E-state index in [4.69, 9.17) is 27.4 Å². The van der Waals surface area contributed by atoms with E-state index in [2.05, 4.69) is 0 Å². The highest BCUT2D eigenvalue weighted by Gasteiger charge is 2.07. The summed E-state index contributed by atoms with van der Waals surface area (Å²) in [5.41, 5.74) is 5.32. The molecule has 0 fully saturated rings. The molecular formula is C7H15NO2S2. The van der Waals surface area contributed by atoms with E-state index >= 15 is 0 Å². The van der Waals surface area contributed by atoms with E-state index in [0.717, 1.165) is 0 Å². The van der Waals surface area contributed by atoms with E-state index in [-0.39, 0.29) is 6.29 Å². The van der Waals surface area contributed by atoms with Crippen molar-refractivity contribution < 1.29 is 9.47 Å². The van der Waals surface area contributed by atoms with Crippen LogP contribution in [0.2, 0.25) is 0 Å². The zero-order chi connectivity index (χ0) is 9.40. The maximum absolute atomic E-state index is 5.32. The molecule has 0 bridgehead atoms. The number of rotatable bonds is 6. The van der Waals surface area contributed by atoms with E-state index in [9.17, 15) is 0 Å². The van der Waals surface area contributed by atoms with Crippen molar-refractivity contribution in [3.8, 4) is 0 Å². The van der Waals surface area contributed by atoms with Gasteiger partial charge in [-0.15, -0.1) is 0 Å². The lowest BCUT2D eigenvalue weighted by Crippen LogP contribution is -2.21. The van der Waals surface area contributed by atoms with Crippen LogP contribution in [-0.2, 0) is 9.47 Å². The molecule has 0 aromatic heterocycles. The van der Waals surface area contributed by atoms with E-state index in [1.807, 2.05) is 13.8 Å². The molecule has 0 aromatic carbocycles. The van der Waals surface area contributed by atoms with Crippen LogP contribution in [0.25, 0.3) is 0 Å². The van der Waals surface area contributed by atoms with Crippen molar-refractivity contribution in [3.05, 3.63) is 0 Å². The molecule has 0 aliphatic carbocycles. The summed E-state index contributed by atoms with van der Waals surface area (Å²) in [4.78, 5) is 0. The standard InChI is InChI=1S/C7H15NO2S2/c1-3-9-6(10-4-2)5-12-7(8)11/h6H,3-5H2,1-2H3,(H2,8,11). The van der Waals surface area contributed by atoms with Crippen LogP contribution < -0.4 is 5.73 Å². The smallest absolute Gasteiger partial charge is 0.166 e. The lowest BCUT2D eigenvalue weighted by molar-refractivity contribution is -0.119. The van der Waals surface area contributed by atoms with Gasteiger partial charge in [-0.05, 0) is 13.8 Å². The zero-order valence-corrected chi connectivity index (χ0v) is 9.04. The van der Waals surface area contributed by atoms with Gasteiger partial charge in [-0.25, -0.2) is 0 Å². The minimum atomic E-state index is -0.188. The summed E-state index contributed by atoms with van der Waals surface area (Å²) >= 11 is 6.09. The number of ether oxygens (including phenoxy) is 2. The molecule has 0 spiro atoms. The highest BCUT2D eigenvalue weighted by molar-refractivity contribution is 8.22. The lowest BCUT2D eigenvalue weighted by atomic mass is 10.7. The second-order valence-corrected chi connectivity index (χ2v) is 3.73. The third-order valence-electron chi connectivity index (χ3n) is 1.07. The molecule has 0 rings (SSSR count). The summed E-state index contributed by atoms with van der Waals surface area (Å²) in [6.45, 7) is 5.14. The molecule has 72 valence electrons. The molecule has 0 aliphatic rings. The first kappa shape index (κ1) is 12.2. The Labute approximate surface area is 83.0 Å². The van der Waals surface area contributed by atoms with Crippen LogP contribution in [0.4, 0.5) is 0 Å². The summed E-state index contributed by atoms with van der Waals surface area (Å²) in [7, 11) is 0. The fourth-order valence-corrected chi connectivity index (χ4v) is 1.36. The Morgan fingerprint density at radius 1 is 1.42 bits per heavy atom. The van der Waals surface area contributed by atoms with Crippen molar-refractivity contribution in [3.63, 3.8) is 0 Å². The normalized spacial score (nSPS) is 10.6. The average molecular weight is 209 g/mol. The molecule has 0 atom stereocenters. The summed E-state index contributed by atoms with van der Waals surface area (Å²) in [6, 6.07) is 0. The van der Waals surface area contributed by atoms with Crippen LogP contribution in [0.1, 0.15) is 13.8 Å². The Hall–Kier alpha value is 0.160. The lowest BCUT2D eigenvalue weighted by Gasteiger charge is -2.15. The fourth-order valence-electron chi connectivity index (χ4n) is 0.666. The van der Waals surface area contributed by atoms with Gasteiger partial charge in [0.2, 0.25) is 0 Å².